The SMILES string of the molecule is O=C1CCC[C@H](C(=O)N2C[C@@H]3C[C@H]2CN3Cc2ccc(F)cc2F)N1. The Morgan fingerprint density at radius 2 is 2.08 bits per heavy atom. The third-order valence-electron chi connectivity index (χ3n) is 5.56. The molecule has 0 aromatic heterocycles. The number of carbonyl (C=O) groups is 2. The molecule has 2 bridgehead atoms. The zero-order chi connectivity index (χ0) is 17.6. The van der Waals surface area contributed by atoms with E-state index in [0.717, 1.165) is 18.9 Å². The number of fused-ring (bicyclic) bond motifs is 2. The van der Waals surface area contributed by atoms with Gasteiger partial charge in [0.15, 0.2) is 0 Å². The molecule has 3 saturated heterocycles. The molecule has 1 aromatic carbocycles. The number of nitrogens with one attached hydrogen (secondary N) is 1. The van der Waals surface area contributed by atoms with E-state index in [0.29, 0.717) is 38.0 Å². The Balaban J connectivity index is 1.38. The van der Waals surface area contributed by atoms with E-state index in [1.165, 1.54) is 12.1 Å². The smallest absolute Gasteiger partial charge is 0.245 e. The number of amides is 2. The van der Waals surface area contributed by atoms with Crippen LogP contribution in [0.25, 0.3) is 0 Å². The van der Waals surface area contributed by atoms with Gasteiger partial charge in [0.2, 0.25) is 11.8 Å². The molecule has 0 unspecified atom stereocenters. The molecule has 3 heterocycles. The van der Waals surface area contributed by atoms with Crippen molar-refractivity contribution in [2.75, 3.05) is 13.1 Å². The van der Waals surface area contributed by atoms with E-state index in [2.05, 4.69) is 10.2 Å². The second kappa shape index (κ2) is 6.37. The van der Waals surface area contributed by atoms with Crippen molar-refractivity contribution in [2.24, 2.45) is 0 Å². The molecule has 3 atom stereocenters. The zero-order valence-corrected chi connectivity index (χ0v) is 13.9. The van der Waals surface area contributed by atoms with Crippen LogP contribution in [0.2, 0.25) is 0 Å². The van der Waals surface area contributed by atoms with E-state index in [9.17, 15) is 18.4 Å². The summed E-state index contributed by atoms with van der Waals surface area (Å²) < 4.78 is 26.9. The molecule has 2 amide bonds. The van der Waals surface area contributed by atoms with E-state index in [-0.39, 0.29) is 23.9 Å². The van der Waals surface area contributed by atoms with Crippen LogP contribution in [0.4, 0.5) is 8.78 Å². The van der Waals surface area contributed by atoms with Crippen LogP contribution in [0.5, 0.6) is 0 Å². The zero-order valence-electron chi connectivity index (χ0n) is 13.9. The van der Waals surface area contributed by atoms with Gasteiger partial charge < -0.3 is 10.2 Å². The first kappa shape index (κ1) is 16.4. The summed E-state index contributed by atoms with van der Waals surface area (Å²) in [5.41, 5.74) is 0.478. The van der Waals surface area contributed by atoms with Crippen LogP contribution in [-0.4, -0.2) is 52.8 Å². The Kier molecular flexibility index (Phi) is 4.19. The quantitative estimate of drug-likeness (QED) is 0.898. The Morgan fingerprint density at radius 3 is 2.76 bits per heavy atom. The molecule has 3 aliphatic heterocycles. The standard InChI is InChI=1S/C18H21F2N3O2/c19-12-5-4-11(15(20)6-12)8-22-9-14-7-13(22)10-23(14)18(25)16-2-1-3-17(24)21-16/h4-6,13-14,16H,1-3,7-10H2,(H,21,24)/t13-,14-,16+/m0/s1. The average molecular weight is 349 g/mol. The highest BCUT2D eigenvalue weighted by atomic mass is 19.1. The number of piperidine rings is 1. The second-order valence-electron chi connectivity index (χ2n) is 7.21. The monoisotopic (exact) mass is 349 g/mol. The maximum atomic E-state index is 13.9. The lowest BCUT2D eigenvalue weighted by Crippen LogP contribution is -2.55. The topological polar surface area (TPSA) is 52.7 Å². The normalized spacial score (nSPS) is 29.1. The predicted octanol–water partition coefficient (Wildman–Crippen LogP) is 1.42. The molecule has 1 aromatic rings. The molecular formula is C18H21F2N3O2. The van der Waals surface area contributed by atoms with E-state index in [1.807, 2.05) is 4.90 Å². The molecule has 5 nitrogen and oxygen atoms in total. The number of rotatable bonds is 3. The van der Waals surface area contributed by atoms with Gasteiger partial charge in [-0.3, -0.25) is 14.5 Å². The summed E-state index contributed by atoms with van der Waals surface area (Å²) in [7, 11) is 0. The van der Waals surface area contributed by atoms with Gasteiger partial charge in [0.25, 0.3) is 0 Å². The van der Waals surface area contributed by atoms with Gasteiger partial charge in [0.1, 0.15) is 17.7 Å². The Hall–Kier alpha value is -2.02. The minimum absolute atomic E-state index is 0.00756. The molecule has 0 aliphatic carbocycles. The lowest BCUT2D eigenvalue weighted by Gasteiger charge is -2.36. The van der Waals surface area contributed by atoms with Crippen LogP contribution in [0.15, 0.2) is 18.2 Å². The first-order valence-corrected chi connectivity index (χ1v) is 8.79. The Morgan fingerprint density at radius 1 is 1.24 bits per heavy atom. The Bertz CT molecular complexity index is 712. The summed E-state index contributed by atoms with van der Waals surface area (Å²) in [6, 6.07) is 3.57. The molecule has 3 aliphatic rings. The summed E-state index contributed by atoms with van der Waals surface area (Å²) in [5, 5.41) is 2.79. The predicted molar refractivity (Wildman–Crippen MR) is 86.5 cm³/mol. The van der Waals surface area contributed by atoms with Gasteiger partial charge >= 0.3 is 0 Å². The van der Waals surface area contributed by atoms with E-state index in [1.54, 1.807) is 0 Å². The van der Waals surface area contributed by atoms with Gasteiger partial charge in [-0.15, -0.1) is 0 Å². The maximum absolute atomic E-state index is 13.9. The highest BCUT2D eigenvalue weighted by molar-refractivity contribution is 5.89. The van der Waals surface area contributed by atoms with Gasteiger partial charge in [-0.1, -0.05) is 6.07 Å². The molecule has 25 heavy (non-hydrogen) atoms. The molecule has 0 radical (unpaired) electrons. The molecular weight excluding hydrogens is 328 g/mol. The van der Waals surface area contributed by atoms with Gasteiger partial charge in [-0.05, 0) is 25.3 Å². The number of hydrogen-bond acceptors (Lipinski definition) is 3. The van der Waals surface area contributed by atoms with Crippen LogP contribution >= 0.6 is 0 Å². The fourth-order valence-corrected chi connectivity index (χ4v) is 4.27. The van der Waals surface area contributed by atoms with Crippen molar-refractivity contribution < 1.29 is 18.4 Å². The molecule has 0 saturated carbocycles. The van der Waals surface area contributed by atoms with Gasteiger partial charge in [-0.2, -0.15) is 0 Å². The fraction of sp³-hybridized carbons (Fsp3) is 0.556. The van der Waals surface area contributed by atoms with Crippen LogP contribution in [-0.2, 0) is 16.1 Å². The van der Waals surface area contributed by atoms with Crippen molar-refractivity contribution >= 4 is 11.8 Å². The number of halogens is 2. The number of benzene rings is 1. The molecule has 134 valence electrons. The number of nitrogens with zero attached hydrogens (tertiary/aromatic N) is 2. The van der Waals surface area contributed by atoms with Crippen molar-refractivity contribution in [1.29, 1.82) is 0 Å². The van der Waals surface area contributed by atoms with E-state index >= 15 is 0 Å². The van der Waals surface area contributed by atoms with Gasteiger partial charge in [0.05, 0.1) is 0 Å². The van der Waals surface area contributed by atoms with Crippen LogP contribution in [0, 0.1) is 11.6 Å². The number of hydrogen-bond donors (Lipinski definition) is 1. The van der Waals surface area contributed by atoms with Crippen molar-refractivity contribution in [3.8, 4) is 0 Å². The van der Waals surface area contributed by atoms with Crippen LogP contribution in [0.1, 0.15) is 31.2 Å². The third-order valence-corrected chi connectivity index (χ3v) is 5.56. The van der Waals surface area contributed by atoms with Crippen LogP contribution in [0.3, 0.4) is 0 Å². The molecule has 7 heteroatoms. The minimum Gasteiger partial charge on any atom is -0.344 e. The van der Waals surface area contributed by atoms with Crippen LogP contribution < -0.4 is 5.32 Å². The summed E-state index contributed by atoms with van der Waals surface area (Å²) in [4.78, 5) is 28.2. The summed E-state index contributed by atoms with van der Waals surface area (Å²) in [6.45, 7) is 1.72. The molecule has 1 N–H and O–H groups in total. The third kappa shape index (κ3) is 3.13. The molecule has 0 spiro atoms. The molecule has 4 rings (SSSR count). The largest absolute Gasteiger partial charge is 0.344 e. The highest BCUT2D eigenvalue weighted by Crippen LogP contribution is 2.33. The highest BCUT2D eigenvalue weighted by Gasteiger charge is 2.46. The first-order valence-electron chi connectivity index (χ1n) is 8.79. The minimum atomic E-state index is -0.574. The summed E-state index contributed by atoms with van der Waals surface area (Å²) >= 11 is 0. The van der Waals surface area contributed by atoms with Crippen molar-refractivity contribution in [3.63, 3.8) is 0 Å². The van der Waals surface area contributed by atoms with Crippen molar-refractivity contribution in [2.45, 2.75) is 50.4 Å². The van der Waals surface area contributed by atoms with E-state index < -0.39 is 17.7 Å². The summed E-state index contributed by atoms with van der Waals surface area (Å²) in [5.74, 6) is -1.15. The summed E-state index contributed by atoms with van der Waals surface area (Å²) in [6.07, 6.45) is 2.81. The van der Waals surface area contributed by atoms with Crippen molar-refractivity contribution in [3.05, 3.63) is 35.4 Å². The molecule has 3 fully saturated rings. The maximum Gasteiger partial charge on any atom is 0.245 e. The van der Waals surface area contributed by atoms with E-state index in [4.69, 9.17) is 0 Å². The first-order chi connectivity index (χ1) is 12.0. The number of carbonyl (C=O) groups excluding carboxylic acids is 2. The van der Waals surface area contributed by atoms with Gasteiger partial charge in [0, 0.05) is 49.8 Å². The number of piperazine rings is 1. The Labute approximate surface area is 145 Å². The van der Waals surface area contributed by atoms with Crippen molar-refractivity contribution in [1.82, 2.24) is 15.1 Å². The lowest BCUT2D eigenvalue weighted by molar-refractivity contribution is -0.140. The second-order valence-corrected chi connectivity index (χ2v) is 7.21. The fourth-order valence-electron chi connectivity index (χ4n) is 4.27. The van der Waals surface area contributed by atoms with Gasteiger partial charge in [-0.25, -0.2) is 8.78 Å². The average Bonchev–Trinajstić information content (AvgIpc) is 3.17. The number of likely N-dealkylation sites (tertiary alicyclic amines) is 2. The lowest BCUT2D eigenvalue weighted by atomic mass is 10.0.